The van der Waals surface area contributed by atoms with Crippen molar-refractivity contribution in [2.75, 3.05) is 0 Å². The first kappa shape index (κ1) is 22.4. The van der Waals surface area contributed by atoms with Crippen molar-refractivity contribution in [3.05, 3.63) is 0 Å². The summed E-state index contributed by atoms with van der Waals surface area (Å²) in [6.07, 6.45) is 0.648. The Balaban J connectivity index is -0.0000000817. The molecule has 0 bridgehead atoms. The fourth-order valence-corrected chi connectivity index (χ4v) is 0.329. The van der Waals surface area contributed by atoms with E-state index in [1.807, 2.05) is 0 Å². The van der Waals surface area contributed by atoms with Crippen LogP contribution in [0.4, 0.5) is 0 Å². The Labute approximate surface area is 74.6 Å². The molecule has 0 fully saturated rings. The summed E-state index contributed by atoms with van der Waals surface area (Å²) < 4.78 is 0. The fraction of sp³-hybridized carbons (Fsp3) is 0.600. The van der Waals surface area contributed by atoms with Crippen LogP contribution in [0.3, 0.4) is 0 Å². The fourth-order valence-electron chi connectivity index (χ4n) is 0.329. The molecular formula is C5H11CoO5+. The molecule has 1 radical (unpaired) electrons. The van der Waals surface area contributed by atoms with Crippen LogP contribution in [0.5, 0.6) is 0 Å². The smallest absolute Gasteiger partial charge is 0.542 e. The van der Waals surface area contributed by atoms with E-state index in [0.29, 0.717) is 6.42 Å². The van der Waals surface area contributed by atoms with Crippen molar-refractivity contribution in [2.24, 2.45) is 0 Å². The molecule has 6 heteroatoms. The Morgan fingerprint density at radius 1 is 1.27 bits per heavy atom. The molecule has 0 aliphatic heterocycles. The molecule has 0 aromatic heterocycles. The normalized spacial score (nSPS) is 6.27. The number of Topliss-reactive ketones (excluding diaryl/α,β-unsaturated/α-hetero) is 1. The Bertz CT molecular complexity index is 113. The van der Waals surface area contributed by atoms with E-state index in [1.165, 1.54) is 0 Å². The largest absolute Gasteiger partial charge is 2.00 e. The molecule has 4 N–H and O–H groups in total. The van der Waals surface area contributed by atoms with Crippen molar-refractivity contribution in [1.29, 1.82) is 0 Å². The van der Waals surface area contributed by atoms with Crippen LogP contribution in [0.2, 0.25) is 0 Å². The number of rotatable bonds is 3. The van der Waals surface area contributed by atoms with Crippen LogP contribution >= 0.6 is 0 Å². The molecule has 0 unspecified atom stereocenters. The molecule has 5 nitrogen and oxygen atoms in total. The molecule has 0 aliphatic rings. The SMILES string of the molecule is CCCC(=O)C(=O)[O-].O.O.[Co+2]. The van der Waals surface area contributed by atoms with Gasteiger partial charge in [0.2, 0.25) is 0 Å². The van der Waals surface area contributed by atoms with E-state index in [4.69, 9.17) is 0 Å². The second kappa shape index (κ2) is 12.3. The summed E-state index contributed by atoms with van der Waals surface area (Å²) in [6, 6.07) is 0. The van der Waals surface area contributed by atoms with Crippen molar-refractivity contribution >= 4 is 11.8 Å². The summed E-state index contributed by atoms with van der Waals surface area (Å²) in [7, 11) is 0. The zero-order valence-corrected chi connectivity index (χ0v) is 7.01. The summed E-state index contributed by atoms with van der Waals surface area (Å²) in [5, 5.41) is 9.63. The summed E-state index contributed by atoms with van der Waals surface area (Å²) >= 11 is 0. The molecule has 0 aromatic rings. The Morgan fingerprint density at radius 3 is 1.73 bits per heavy atom. The molecule has 0 saturated carbocycles. The standard InChI is InChI=1S/C5H8O3.Co.2H2O/c1-2-3-4(6)5(7)8;;;/h2-3H2,1H3,(H,7,8);;2*1H2/q;+2;;/p-1. The van der Waals surface area contributed by atoms with Gasteiger partial charge < -0.3 is 20.9 Å². The predicted octanol–water partition coefficient (Wildman–Crippen LogP) is -2.55. The van der Waals surface area contributed by atoms with Gasteiger partial charge in [-0.25, -0.2) is 0 Å². The maximum Gasteiger partial charge on any atom is 2.00 e. The van der Waals surface area contributed by atoms with Crippen LogP contribution in [-0.4, -0.2) is 22.7 Å². The molecule has 0 aromatic carbocycles. The van der Waals surface area contributed by atoms with E-state index in [1.54, 1.807) is 6.92 Å². The summed E-state index contributed by atoms with van der Waals surface area (Å²) in [4.78, 5) is 19.7. The number of carboxylic acids is 1. The topological polar surface area (TPSA) is 120 Å². The van der Waals surface area contributed by atoms with Crippen LogP contribution in [-0.2, 0) is 26.4 Å². The average Bonchev–Trinajstić information content (AvgIpc) is 1.67. The second-order valence-corrected chi connectivity index (χ2v) is 1.46. The van der Waals surface area contributed by atoms with E-state index in [-0.39, 0.29) is 34.2 Å². The van der Waals surface area contributed by atoms with Crippen LogP contribution in [0.1, 0.15) is 19.8 Å². The maximum atomic E-state index is 10.1. The van der Waals surface area contributed by atoms with Crippen LogP contribution in [0, 0.1) is 0 Å². The summed E-state index contributed by atoms with van der Waals surface area (Å²) in [5.41, 5.74) is 0. The second-order valence-electron chi connectivity index (χ2n) is 1.46. The molecule has 0 amide bonds. The third-order valence-corrected chi connectivity index (χ3v) is 0.705. The molecule has 0 heterocycles. The van der Waals surface area contributed by atoms with Crippen LogP contribution in [0.25, 0.3) is 0 Å². The van der Waals surface area contributed by atoms with Gasteiger partial charge in [-0.15, -0.1) is 0 Å². The first-order valence-electron chi connectivity index (χ1n) is 2.42. The third-order valence-electron chi connectivity index (χ3n) is 0.705. The Kier molecular flexibility index (Phi) is 25.0. The minimum absolute atomic E-state index is 0. The van der Waals surface area contributed by atoms with Crippen molar-refractivity contribution < 1.29 is 42.4 Å². The van der Waals surface area contributed by atoms with Gasteiger partial charge in [-0.1, -0.05) is 6.92 Å². The summed E-state index contributed by atoms with van der Waals surface area (Å²) in [6.45, 7) is 1.74. The van der Waals surface area contributed by atoms with Gasteiger partial charge in [-0.2, -0.15) is 0 Å². The minimum Gasteiger partial charge on any atom is -0.542 e. The first-order chi connectivity index (χ1) is 3.68. The first-order valence-corrected chi connectivity index (χ1v) is 2.42. The quantitative estimate of drug-likeness (QED) is 0.476. The monoisotopic (exact) mass is 210 g/mol. The minimum atomic E-state index is -1.58. The molecule has 0 saturated heterocycles. The van der Waals surface area contributed by atoms with Crippen molar-refractivity contribution in [1.82, 2.24) is 0 Å². The predicted molar refractivity (Wildman–Crippen MR) is 32.1 cm³/mol. The number of ketones is 1. The third kappa shape index (κ3) is 12.7. The molecule has 0 spiro atoms. The van der Waals surface area contributed by atoms with Gasteiger partial charge in [0.15, 0.2) is 5.78 Å². The molecule has 0 aliphatic carbocycles. The number of aliphatic carboxylic acids is 1. The van der Waals surface area contributed by atoms with Crippen molar-refractivity contribution in [2.45, 2.75) is 19.8 Å². The Morgan fingerprint density at radius 2 is 1.64 bits per heavy atom. The van der Waals surface area contributed by atoms with Gasteiger partial charge in [0.25, 0.3) is 0 Å². The molecule has 69 valence electrons. The zero-order valence-electron chi connectivity index (χ0n) is 5.97. The van der Waals surface area contributed by atoms with Gasteiger partial charge in [-0.05, 0) is 6.42 Å². The van der Waals surface area contributed by atoms with E-state index < -0.39 is 11.8 Å². The van der Waals surface area contributed by atoms with Gasteiger partial charge in [0.1, 0.15) is 5.97 Å². The van der Waals surface area contributed by atoms with E-state index in [0.717, 1.165) is 0 Å². The van der Waals surface area contributed by atoms with E-state index >= 15 is 0 Å². The number of hydrogen-bond acceptors (Lipinski definition) is 3. The molecular weight excluding hydrogens is 199 g/mol. The number of carbonyl (C=O) groups excluding carboxylic acids is 2. The molecule has 11 heavy (non-hydrogen) atoms. The number of carbonyl (C=O) groups is 2. The Hall–Kier alpha value is -0.434. The van der Waals surface area contributed by atoms with Gasteiger partial charge in [0.05, 0.1) is 0 Å². The molecule has 0 atom stereocenters. The number of carboxylic acid groups (broad SMARTS) is 1. The maximum absolute atomic E-state index is 10.1. The van der Waals surface area contributed by atoms with Crippen LogP contribution < -0.4 is 5.11 Å². The average molecular weight is 210 g/mol. The molecule has 0 rings (SSSR count). The van der Waals surface area contributed by atoms with Gasteiger partial charge >= 0.3 is 16.8 Å². The van der Waals surface area contributed by atoms with Crippen LogP contribution in [0.15, 0.2) is 0 Å². The van der Waals surface area contributed by atoms with Crippen molar-refractivity contribution in [3.63, 3.8) is 0 Å². The van der Waals surface area contributed by atoms with Gasteiger partial charge in [-0.3, -0.25) is 4.79 Å². The summed E-state index contributed by atoms with van der Waals surface area (Å²) in [5.74, 6) is -2.39. The van der Waals surface area contributed by atoms with E-state index in [2.05, 4.69) is 0 Å². The zero-order chi connectivity index (χ0) is 6.57. The van der Waals surface area contributed by atoms with Crippen molar-refractivity contribution in [3.8, 4) is 0 Å². The van der Waals surface area contributed by atoms with E-state index in [9.17, 15) is 14.7 Å². The van der Waals surface area contributed by atoms with Gasteiger partial charge in [0, 0.05) is 6.42 Å². The number of hydrogen-bond donors (Lipinski definition) is 0.